The van der Waals surface area contributed by atoms with Crippen molar-refractivity contribution in [3.05, 3.63) is 144 Å². The van der Waals surface area contributed by atoms with Crippen LogP contribution >= 0.6 is 0 Å². The van der Waals surface area contributed by atoms with E-state index in [2.05, 4.69) is 6.07 Å². The van der Waals surface area contributed by atoms with Crippen LogP contribution in [0.4, 0.5) is 0 Å². The van der Waals surface area contributed by atoms with E-state index in [4.69, 9.17) is 24.2 Å². The lowest BCUT2D eigenvalue weighted by Crippen LogP contribution is -2.10. The Labute approximate surface area is 279 Å². The van der Waals surface area contributed by atoms with Crippen molar-refractivity contribution in [2.45, 2.75) is 25.7 Å². The first-order valence-corrected chi connectivity index (χ1v) is 15.6. The number of carbonyl (C=O) groups is 3. The second-order valence-electron chi connectivity index (χ2n) is 10.8. The maximum Gasteiger partial charge on any atom is 0.343 e. The molecule has 0 saturated carbocycles. The average molecular weight is 640 g/mol. The normalized spacial score (nSPS) is 10.4. The average Bonchev–Trinajstić information content (AvgIpc) is 3.13. The molecule has 0 fully saturated rings. The van der Waals surface area contributed by atoms with Gasteiger partial charge in [-0.2, -0.15) is 5.26 Å². The van der Waals surface area contributed by atoms with Gasteiger partial charge < -0.3 is 18.9 Å². The molecular formula is C40H33NO7. The molecular weight excluding hydrogens is 606 g/mol. The van der Waals surface area contributed by atoms with Gasteiger partial charge >= 0.3 is 11.9 Å². The fourth-order valence-electron chi connectivity index (χ4n) is 4.74. The molecule has 8 heteroatoms. The van der Waals surface area contributed by atoms with Gasteiger partial charge in [0.1, 0.15) is 29.3 Å². The molecule has 5 aromatic carbocycles. The molecule has 48 heavy (non-hydrogen) atoms. The zero-order valence-electron chi connectivity index (χ0n) is 26.2. The monoisotopic (exact) mass is 639 g/mol. The molecule has 8 nitrogen and oxygen atoms in total. The summed E-state index contributed by atoms with van der Waals surface area (Å²) in [6, 6.07) is 36.6. The molecule has 0 aliphatic heterocycles. The van der Waals surface area contributed by atoms with Crippen molar-refractivity contribution < 1.29 is 33.3 Å². The molecule has 0 saturated heterocycles. The third-order valence-corrected chi connectivity index (χ3v) is 7.38. The number of nitriles is 1. The number of hydrogen-bond acceptors (Lipinski definition) is 8. The predicted octanol–water partition coefficient (Wildman–Crippen LogP) is 8.49. The molecule has 0 bridgehead atoms. The number of aldehydes is 1. The summed E-state index contributed by atoms with van der Waals surface area (Å²) in [5.74, 6) is 0.781. The van der Waals surface area contributed by atoms with E-state index >= 15 is 0 Å². The summed E-state index contributed by atoms with van der Waals surface area (Å²) < 4.78 is 22.6. The fraction of sp³-hybridized carbons (Fsp3) is 0.150. The summed E-state index contributed by atoms with van der Waals surface area (Å²) in [5, 5.41) is 8.95. The predicted molar refractivity (Wildman–Crippen MR) is 181 cm³/mol. The van der Waals surface area contributed by atoms with E-state index in [9.17, 15) is 14.4 Å². The van der Waals surface area contributed by atoms with E-state index in [1.807, 2.05) is 48.5 Å². The van der Waals surface area contributed by atoms with Crippen LogP contribution in [0.3, 0.4) is 0 Å². The van der Waals surface area contributed by atoms with Crippen LogP contribution in [0.2, 0.25) is 0 Å². The van der Waals surface area contributed by atoms with Crippen LogP contribution in [-0.4, -0.2) is 31.4 Å². The smallest absolute Gasteiger partial charge is 0.343 e. The first kappa shape index (κ1) is 33.2. The molecule has 5 rings (SSSR count). The first-order chi connectivity index (χ1) is 23.5. The van der Waals surface area contributed by atoms with Gasteiger partial charge in [-0.15, -0.1) is 0 Å². The number of unbranched alkanes of at least 4 members (excludes halogenated alkanes) is 3. The lowest BCUT2D eigenvalue weighted by Gasteiger charge is -2.09. The molecule has 240 valence electrons. The number of carbonyl (C=O) groups excluding carboxylic acids is 3. The van der Waals surface area contributed by atoms with Gasteiger partial charge in [-0.1, -0.05) is 42.5 Å². The number of esters is 2. The van der Waals surface area contributed by atoms with E-state index in [0.29, 0.717) is 41.9 Å². The SMILES string of the molecule is N#Cc1ccc(-c2ccc(OCCCCCCOc3ccc(C(=O)Oc4cccc(OC(=O)c5ccc(C=O)cc5)c4)cc3)cc2)cc1. The second kappa shape index (κ2) is 16.9. The standard InChI is InChI=1S/C40H33NO7/c41-27-29-8-12-31(13-9-29)32-16-20-35(21-17-32)45-24-3-1-2-4-25-46-36-22-18-34(19-23-36)40(44)48-38-7-5-6-37(26-38)47-39(43)33-14-10-30(28-42)11-15-33/h5-23,26,28H,1-4,24-25H2. The number of ether oxygens (including phenoxy) is 4. The quantitative estimate of drug-likeness (QED) is 0.0485. The number of hydrogen-bond donors (Lipinski definition) is 0. The van der Waals surface area contributed by atoms with Crippen LogP contribution in [0, 0.1) is 11.3 Å². The molecule has 0 aliphatic carbocycles. The van der Waals surface area contributed by atoms with Crippen molar-refractivity contribution in [1.82, 2.24) is 0 Å². The highest BCUT2D eigenvalue weighted by molar-refractivity contribution is 5.92. The Morgan fingerprint density at radius 2 is 1.02 bits per heavy atom. The van der Waals surface area contributed by atoms with Crippen molar-refractivity contribution in [2.75, 3.05) is 13.2 Å². The van der Waals surface area contributed by atoms with Crippen LogP contribution < -0.4 is 18.9 Å². The summed E-state index contributed by atoms with van der Waals surface area (Å²) >= 11 is 0. The molecule has 0 unspecified atom stereocenters. The van der Waals surface area contributed by atoms with Crippen LogP contribution in [0.1, 0.15) is 62.3 Å². The first-order valence-electron chi connectivity index (χ1n) is 15.6. The van der Waals surface area contributed by atoms with Gasteiger partial charge in [-0.25, -0.2) is 9.59 Å². The highest BCUT2D eigenvalue weighted by Gasteiger charge is 2.12. The maximum absolute atomic E-state index is 12.7. The van der Waals surface area contributed by atoms with Crippen molar-refractivity contribution in [3.63, 3.8) is 0 Å². The van der Waals surface area contributed by atoms with Crippen LogP contribution in [0.25, 0.3) is 11.1 Å². The van der Waals surface area contributed by atoms with Gasteiger partial charge in [-0.05, 0) is 110 Å². The minimum atomic E-state index is -0.597. The fourth-order valence-corrected chi connectivity index (χ4v) is 4.74. The van der Waals surface area contributed by atoms with Crippen molar-refractivity contribution in [2.24, 2.45) is 0 Å². The van der Waals surface area contributed by atoms with E-state index in [0.717, 1.165) is 42.6 Å². The van der Waals surface area contributed by atoms with Gasteiger partial charge in [0.2, 0.25) is 0 Å². The molecule has 0 aliphatic rings. The molecule has 0 atom stereocenters. The highest BCUT2D eigenvalue weighted by atomic mass is 16.5. The Morgan fingerprint density at radius 3 is 1.50 bits per heavy atom. The van der Waals surface area contributed by atoms with Crippen LogP contribution in [0.15, 0.2) is 121 Å². The number of rotatable bonds is 15. The zero-order chi connectivity index (χ0) is 33.6. The molecule has 0 aromatic heterocycles. The highest BCUT2D eigenvalue weighted by Crippen LogP contribution is 2.24. The molecule has 0 spiro atoms. The Morgan fingerprint density at radius 1 is 0.562 bits per heavy atom. The van der Waals surface area contributed by atoms with Crippen molar-refractivity contribution >= 4 is 18.2 Å². The second-order valence-corrected chi connectivity index (χ2v) is 10.8. The van der Waals surface area contributed by atoms with Gasteiger partial charge in [0.05, 0.1) is 36.0 Å². The van der Waals surface area contributed by atoms with E-state index in [1.165, 1.54) is 30.3 Å². The minimum Gasteiger partial charge on any atom is -0.494 e. The maximum atomic E-state index is 12.7. The Kier molecular flexibility index (Phi) is 11.7. The Hall–Kier alpha value is -6.20. The number of benzene rings is 5. The lowest BCUT2D eigenvalue weighted by molar-refractivity contribution is 0.0732. The summed E-state index contributed by atoms with van der Waals surface area (Å²) in [6.45, 7) is 1.20. The van der Waals surface area contributed by atoms with Gasteiger partial charge in [0, 0.05) is 11.6 Å². The van der Waals surface area contributed by atoms with Crippen LogP contribution in [-0.2, 0) is 0 Å². The lowest BCUT2D eigenvalue weighted by atomic mass is 10.0. The summed E-state index contributed by atoms with van der Waals surface area (Å²) in [4.78, 5) is 35.9. The summed E-state index contributed by atoms with van der Waals surface area (Å²) in [5.41, 5.74) is 3.87. The summed E-state index contributed by atoms with van der Waals surface area (Å²) in [6.07, 6.45) is 4.56. The molecule has 0 heterocycles. The van der Waals surface area contributed by atoms with Crippen molar-refractivity contribution in [1.29, 1.82) is 5.26 Å². The van der Waals surface area contributed by atoms with Gasteiger partial charge in [-0.3, -0.25) is 4.79 Å². The summed E-state index contributed by atoms with van der Waals surface area (Å²) in [7, 11) is 0. The molecule has 5 aromatic rings. The molecule has 0 N–H and O–H groups in total. The van der Waals surface area contributed by atoms with Crippen LogP contribution in [0.5, 0.6) is 23.0 Å². The van der Waals surface area contributed by atoms with E-state index < -0.39 is 11.9 Å². The van der Waals surface area contributed by atoms with Gasteiger partial charge in [0.25, 0.3) is 0 Å². The minimum absolute atomic E-state index is 0.215. The Balaban J connectivity index is 0.967. The van der Waals surface area contributed by atoms with E-state index in [-0.39, 0.29) is 17.1 Å². The Bertz CT molecular complexity index is 1860. The van der Waals surface area contributed by atoms with E-state index in [1.54, 1.807) is 42.5 Å². The van der Waals surface area contributed by atoms with Crippen molar-refractivity contribution in [3.8, 4) is 40.2 Å². The number of nitrogens with zero attached hydrogens (tertiary/aromatic N) is 1. The molecule has 0 amide bonds. The third-order valence-electron chi connectivity index (χ3n) is 7.38. The zero-order valence-corrected chi connectivity index (χ0v) is 26.2. The topological polar surface area (TPSA) is 112 Å². The largest absolute Gasteiger partial charge is 0.494 e. The molecule has 0 radical (unpaired) electrons. The third kappa shape index (κ3) is 9.65. The van der Waals surface area contributed by atoms with Gasteiger partial charge in [0.15, 0.2) is 0 Å².